The van der Waals surface area contributed by atoms with E-state index in [1.54, 1.807) is 11.3 Å². The van der Waals surface area contributed by atoms with Crippen molar-refractivity contribution in [3.63, 3.8) is 0 Å². The van der Waals surface area contributed by atoms with Crippen molar-refractivity contribution >= 4 is 28.5 Å². The third-order valence-corrected chi connectivity index (χ3v) is 6.24. The van der Waals surface area contributed by atoms with E-state index in [0.717, 1.165) is 40.8 Å². The van der Waals surface area contributed by atoms with Gasteiger partial charge in [-0.15, -0.1) is 11.3 Å². The molecule has 1 saturated carbocycles. The van der Waals surface area contributed by atoms with Crippen molar-refractivity contribution in [1.82, 2.24) is 15.3 Å². The fourth-order valence-electron chi connectivity index (χ4n) is 4.07. The van der Waals surface area contributed by atoms with Crippen molar-refractivity contribution < 1.29 is 4.42 Å². The van der Waals surface area contributed by atoms with Crippen LogP contribution in [0.4, 0.5) is 6.01 Å². The number of nitrogens with one attached hydrogen (secondary N) is 1. The largest absolute Gasteiger partial charge is 0.423 e. The molecule has 2 atom stereocenters. The van der Waals surface area contributed by atoms with E-state index in [-0.39, 0.29) is 0 Å². The fourth-order valence-corrected chi connectivity index (χ4v) is 4.73. The Labute approximate surface area is 143 Å². The van der Waals surface area contributed by atoms with Crippen molar-refractivity contribution in [2.45, 2.75) is 37.3 Å². The number of aromatic nitrogens is 2. The van der Waals surface area contributed by atoms with E-state index in [2.05, 4.69) is 27.3 Å². The van der Waals surface area contributed by atoms with E-state index in [0.29, 0.717) is 18.0 Å². The number of hydrogen-bond acceptors (Lipinski definition) is 6. The topological polar surface area (TPSA) is 54.2 Å². The van der Waals surface area contributed by atoms with Gasteiger partial charge in [0.1, 0.15) is 10.5 Å². The highest BCUT2D eigenvalue weighted by Crippen LogP contribution is 2.45. The normalized spacial score (nSPS) is 25.9. The Morgan fingerprint density at radius 1 is 1.21 bits per heavy atom. The van der Waals surface area contributed by atoms with Crippen LogP contribution in [0.3, 0.4) is 0 Å². The molecule has 2 unspecified atom stereocenters. The average Bonchev–Trinajstić information content (AvgIpc) is 3.10. The zero-order chi connectivity index (χ0) is 15.7. The molecule has 2 aromatic heterocycles. The molecule has 5 heterocycles. The average molecular weight is 338 g/mol. The molecule has 0 spiro atoms. The molecule has 24 heavy (non-hydrogen) atoms. The Kier molecular flexibility index (Phi) is 2.68. The summed E-state index contributed by atoms with van der Waals surface area (Å²) < 4.78 is 6.30. The van der Waals surface area contributed by atoms with Crippen LogP contribution in [0.2, 0.25) is 0 Å². The first-order valence-corrected chi connectivity index (χ1v) is 9.57. The van der Waals surface area contributed by atoms with Crippen LogP contribution < -0.4 is 10.2 Å². The number of piperazine rings is 1. The number of fused-ring (bicyclic) bond motifs is 3. The summed E-state index contributed by atoms with van der Waals surface area (Å²) >= 11 is 1.65. The predicted octanol–water partition coefficient (Wildman–Crippen LogP) is 3.38. The van der Waals surface area contributed by atoms with E-state index in [4.69, 9.17) is 9.40 Å². The monoisotopic (exact) mass is 338 g/mol. The molecule has 3 aliphatic heterocycles. The number of anilines is 1. The van der Waals surface area contributed by atoms with Gasteiger partial charge in [0.25, 0.3) is 6.01 Å². The highest BCUT2D eigenvalue weighted by molar-refractivity contribution is 7.13. The Balaban J connectivity index is 1.50. The lowest BCUT2D eigenvalue weighted by Crippen LogP contribution is -2.67. The van der Waals surface area contributed by atoms with Gasteiger partial charge in [-0.1, -0.05) is 6.07 Å². The second-order valence-corrected chi connectivity index (χ2v) is 8.08. The summed E-state index contributed by atoms with van der Waals surface area (Å²) in [6.07, 6.45) is 5.67. The summed E-state index contributed by atoms with van der Waals surface area (Å²) in [6.45, 7) is 1.99. The summed E-state index contributed by atoms with van der Waals surface area (Å²) in [5.41, 5.74) is 4.38. The smallest absolute Gasteiger partial charge is 0.298 e. The first kappa shape index (κ1) is 13.4. The Bertz CT molecular complexity index is 899. The van der Waals surface area contributed by atoms with Crippen molar-refractivity contribution in [3.8, 4) is 10.6 Å². The second-order valence-electron chi connectivity index (χ2n) is 7.19. The molecule has 1 N–H and O–H groups in total. The van der Waals surface area contributed by atoms with Crippen LogP contribution in [0.1, 0.15) is 30.7 Å². The standard InChI is InChI=1S/C18H18N4OS/c1-2-10(1)13-3-4-14(17-19-5-6-24-17)16-15(13)21-18(23-16)22-8-11-7-12(9-22)20-11/h3-6,10-12,20H,1-2,7-9H2. The van der Waals surface area contributed by atoms with Crippen LogP contribution in [-0.2, 0) is 0 Å². The third kappa shape index (κ3) is 1.96. The van der Waals surface area contributed by atoms with Crippen molar-refractivity contribution in [2.24, 2.45) is 0 Å². The summed E-state index contributed by atoms with van der Waals surface area (Å²) in [5.74, 6) is 0.659. The Morgan fingerprint density at radius 2 is 2.04 bits per heavy atom. The SMILES string of the molecule is c1csc(-c2ccc(C3CC3)c3nc(N4CC5CC(C4)N5)oc23)n1. The first-order chi connectivity index (χ1) is 11.8. The van der Waals surface area contributed by atoms with Crippen molar-refractivity contribution in [2.75, 3.05) is 18.0 Å². The van der Waals surface area contributed by atoms with Crippen LogP contribution in [0, 0.1) is 0 Å². The van der Waals surface area contributed by atoms with Crippen molar-refractivity contribution in [3.05, 3.63) is 29.3 Å². The quantitative estimate of drug-likeness (QED) is 0.793. The fraction of sp³-hybridized carbons (Fsp3) is 0.444. The zero-order valence-electron chi connectivity index (χ0n) is 13.2. The molecule has 3 aromatic rings. The number of piperidine rings is 1. The van der Waals surface area contributed by atoms with Crippen LogP contribution in [0.15, 0.2) is 28.1 Å². The molecular weight excluding hydrogens is 320 g/mol. The van der Waals surface area contributed by atoms with Gasteiger partial charge in [-0.25, -0.2) is 4.98 Å². The molecule has 0 amide bonds. The highest BCUT2D eigenvalue weighted by Gasteiger charge is 2.38. The van der Waals surface area contributed by atoms with Gasteiger partial charge in [-0.3, -0.25) is 0 Å². The lowest BCUT2D eigenvalue weighted by molar-refractivity contribution is 0.220. The number of thiazole rings is 1. The Hall–Kier alpha value is -1.92. The molecule has 3 saturated heterocycles. The van der Waals surface area contributed by atoms with Gasteiger partial charge in [-0.2, -0.15) is 4.98 Å². The number of benzene rings is 1. The first-order valence-electron chi connectivity index (χ1n) is 8.69. The minimum Gasteiger partial charge on any atom is -0.423 e. The van der Waals surface area contributed by atoms with Gasteiger partial charge >= 0.3 is 0 Å². The predicted molar refractivity (Wildman–Crippen MR) is 94.6 cm³/mol. The molecule has 4 aliphatic rings. The number of hydrogen-bond donors (Lipinski definition) is 1. The van der Waals surface area contributed by atoms with Crippen LogP contribution in [0.5, 0.6) is 0 Å². The molecule has 0 radical (unpaired) electrons. The van der Waals surface area contributed by atoms with E-state index >= 15 is 0 Å². The minimum atomic E-state index is 0.597. The molecule has 1 aliphatic carbocycles. The van der Waals surface area contributed by atoms with Gasteiger partial charge in [0.15, 0.2) is 5.58 Å². The van der Waals surface area contributed by atoms with E-state index < -0.39 is 0 Å². The molecular formula is C18H18N4OS. The molecule has 6 heteroatoms. The van der Waals surface area contributed by atoms with Gasteiger partial charge in [-0.05, 0) is 36.8 Å². The lowest BCUT2D eigenvalue weighted by atomic mass is 9.92. The molecule has 7 rings (SSSR count). The van der Waals surface area contributed by atoms with E-state index in [1.165, 1.54) is 24.8 Å². The summed E-state index contributed by atoms with van der Waals surface area (Å²) in [6, 6.07) is 6.38. The Morgan fingerprint density at radius 3 is 2.75 bits per heavy atom. The number of oxazole rings is 1. The summed E-state index contributed by atoms with van der Waals surface area (Å²) in [5, 5.41) is 6.59. The van der Waals surface area contributed by atoms with E-state index in [1.807, 2.05) is 11.6 Å². The number of rotatable bonds is 3. The van der Waals surface area contributed by atoms with Gasteiger partial charge in [0.05, 0.1) is 5.56 Å². The number of nitrogens with zero attached hydrogens (tertiary/aromatic N) is 3. The maximum Gasteiger partial charge on any atom is 0.298 e. The van der Waals surface area contributed by atoms with Gasteiger partial charge < -0.3 is 14.6 Å². The molecule has 4 fully saturated rings. The molecule has 2 bridgehead atoms. The highest BCUT2D eigenvalue weighted by atomic mass is 32.1. The van der Waals surface area contributed by atoms with Gasteiger partial charge in [0, 0.05) is 36.8 Å². The summed E-state index contributed by atoms with van der Waals surface area (Å²) in [7, 11) is 0. The second kappa shape index (κ2) is 4.80. The molecule has 5 nitrogen and oxygen atoms in total. The van der Waals surface area contributed by atoms with Gasteiger partial charge in [0.2, 0.25) is 0 Å². The third-order valence-electron chi connectivity index (χ3n) is 5.44. The minimum absolute atomic E-state index is 0.597. The van der Waals surface area contributed by atoms with Crippen LogP contribution >= 0.6 is 11.3 Å². The van der Waals surface area contributed by atoms with E-state index in [9.17, 15) is 0 Å². The maximum atomic E-state index is 6.30. The van der Waals surface area contributed by atoms with Crippen LogP contribution in [0.25, 0.3) is 21.7 Å². The maximum absolute atomic E-state index is 6.30. The van der Waals surface area contributed by atoms with Crippen LogP contribution in [-0.4, -0.2) is 35.1 Å². The molecule has 122 valence electrons. The van der Waals surface area contributed by atoms with Crippen molar-refractivity contribution in [1.29, 1.82) is 0 Å². The lowest BCUT2D eigenvalue weighted by Gasteiger charge is -2.47. The molecule has 1 aromatic carbocycles. The zero-order valence-corrected chi connectivity index (χ0v) is 14.1. The summed E-state index contributed by atoms with van der Waals surface area (Å²) in [4.78, 5) is 11.7.